The minimum atomic E-state index is -0.458. The van der Waals surface area contributed by atoms with E-state index in [2.05, 4.69) is 15.6 Å². The predicted octanol–water partition coefficient (Wildman–Crippen LogP) is 2.61. The lowest BCUT2D eigenvalue weighted by atomic mass is 9.75. The average molecular weight is 343 g/mol. The molecule has 0 radical (unpaired) electrons. The van der Waals surface area contributed by atoms with Gasteiger partial charge in [0.15, 0.2) is 5.58 Å². The van der Waals surface area contributed by atoms with Gasteiger partial charge < -0.3 is 15.1 Å². The molecule has 6 heteroatoms. The maximum absolute atomic E-state index is 12.6. The van der Waals surface area contributed by atoms with Crippen LogP contribution in [0.5, 0.6) is 0 Å². The van der Waals surface area contributed by atoms with Crippen molar-refractivity contribution in [1.82, 2.24) is 15.6 Å². The third kappa shape index (κ3) is 3.23. The highest BCUT2D eigenvalue weighted by Gasteiger charge is 2.39. The Hall–Kier alpha value is -2.08. The number of oxazole rings is 1. The van der Waals surface area contributed by atoms with Gasteiger partial charge >= 0.3 is 5.76 Å². The summed E-state index contributed by atoms with van der Waals surface area (Å²) in [6.07, 6.45) is 6.61. The zero-order valence-electron chi connectivity index (χ0n) is 14.6. The van der Waals surface area contributed by atoms with Gasteiger partial charge in [0.1, 0.15) is 0 Å². The molecular weight excluding hydrogens is 318 g/mol. The summed E-state index contributed by atoms with van der Waals surface area (Å²) in [6.45, 7) is 3.08. The summed E-state index contributed by atoms with van der Waals surface area (Å²) in [5.74, 6) is -0.221. The first kappa shape index (κ1) is 16.4. The summed E-state index contributed by atoms with van der Waals surface area (Å²) in [5.41, 5.74) is 2.44. The van der Waals surface area contributed by atoms with Crippen molar-refractivity contribution >= 4 is 17.0 Å². The minimum Gasteiger partial charge on any atom is -0.408 e. The Morgan fingerprint density at radius 3 is 2.84 bits per heavy atom. The first-order valence-electron chi connectivity index (χ1n) is 9.23. The summed E-state index contributed by atoms with van der Waals surface area (Å²) in [5, 5.41) is 6.77. The molecule has 1 aromatic heterocycles. The fourth-order valence-electron chi connectivity index (χ4n) is 4.37. The van der Waals surface area contributed by atoms with E-state index in [4.69, 9.17) is 4.42 Å². The molecule has 25 heavy (non-hydrogen) atoms. The maximum atomic E-state index is 12.6. The van der Waals surface area contributed by atoms with E-state index in [1.165, 1.54) is 12.8 Å². The van der Waals surface area contributed by atoms with Crippen LogP contribution in [-0.2, 0) is 4.79 Å². The maximum Gasteiger partial charge on any atom is 0.417 e. The van der Waals surface area contributed by atoms with Crippen molar-refractivity contribution in [2.45, 2.75) is 57.0 Å². The van der Waals surface area contributed by atoms with Gasteiger partial charge in [-0.2, -0.15) is 0 Å². The number of rotatable bonds is 3. The number of aromatic nitrogens is 1. The average Bonchev–Trinajstić information content (AvgIpc) is 3.20. The van der Waals surface area contributed by atoms with Gasteiger partial charge in [0, 0.05) is 11.5 Å². The smallest absolute Gasteiger partial charge is 0.408 e. The second-order valence-corrected chi connectivity index (χ2v) is 7.59. The number of hydrogen-bond donors (Lipinski definition) is 3. The molecular formula is C19H25N3O3. The van der Waals surface area contributed by atoms with Crippen molar-refractivity contribution in [3.63, 3.8) is 0 Å². The molecule has 6 nitrogen and oxygen atoms in total. The Kier molecular flexibility index (Phi) is 4.15. The fraction of sp³-hybridized carbons (Fsp3) is 0.579. The molecule has 134 valence electrons. The molecule has 1 atom stereocenters. The van der Waals surface area contributed by atoms with E-state index in [1.807, 2.05) is 25.1 Å². The van der Waals surface area contributed by atoms with Gasteiger partial charge in [0.05, 0.1) is 11.6 Å². The van der Waals surface area contributed by atoms with E-state index in [0.29, 0.717) is 16.6 Å². The van der Waals surface area contributed by atoms with Crippen molar-refractivity contribution in [1.29, 1.82) is 0 Å². The highest BCUT2D eigenvalue weighted by atomic mass is 16.4. The number of aromatic amines is 1. The Labute approximate surface area is 146 Å². The van der Waals surface area contributed by atoms with Gasteiger partial charge in [0.2, 0.25) is 5.91 Å². The van der Waals surface area contributed by atoms with E-state index in [-0.39, 0.29) is 17.9 Å². The highest BCUT2D eigenvalue weighted by molar-refractivity contribution is 5.79. The number of carbonyl (C=O) groups excluding carboxylic acids is 1. The molecule has 1 aromatic carbocycles. The van der Waals surface area contributed by atoms with Crippen LogP contribution in [-0.4, -0.2) is 23.0 Å². The van der Waals surface area contributed by atoms with E-state index in [9.17, 15) is 9.59 Å². The molecule has 4 rings (SSSR count). The van der Waals surface area contributed by atoms with Gasteiger partial charge in [0.25, 0.3) is 0 Å². The van der Waals surface area contributed by atoms with Crippen LogP contribution < -0.4 is 16.4 Å². The van der Waals surface area contributed by atoms with E-state index >= 15 is 0 Å². The molecule has 0 bridgehead atoms. The van der Waals surface area contributed by atoms with Crippen LogP contribution in [0.3, 0.4) is 0 Å². The molecule has 2 aliphatic rings. The van der Waals surface area contributed by atoms with Crippen LogP contribution in [0.25, 0.3) is 11.1 Å². The van der Waals surface area contributed by atoms with Crippen LogP contribution in [0.15, 0.2) is 27.4 Å². The molecule has 1 unspecified atom stereocenters. The summed E-state index contributed by atoms with van der Waals surface area (Å²) >= 11 is 0. The van der Waals surface area contributed by atoms with Crippen LogP contribution in [0.2, 0.25) is 0 Å². The number of amides is 1. The van der Waals surface area contributed by atoms with Crippen LogP contribution >= 0.6 is 0 Å². The lowest BCUT2D eigenvalue weighted by Gasteiger charge is -2.37. The lowest BCUT2D eigenvalue weighted by molar-refractivity contribution is -0.127. The topological polar surface area (TPSA) is 87.1 Å². The predicted molar refractivity (Wildman–Crippen MR) is 95.3 cm³/mol. The van der Waals surface area contributed by atoms with Gasteiger partial charge in [-0.25, -0.2) is 4.79 Å². The standard InChI is InChI=1S/C19H25N3O3/c1-12(14-3-4-15-16(11-14)25-18(24)22-15)21-17(23)13-5-8-19(9-6-13)7-2-10-20-19/h3-4,11-13,20H,2,5-10H2,1H3,(H,21,23)(H,22,24). The normalized spacial score (nSPS) is 27.6. The first-order chi connectivity index (χ1) is 12.0. The molecule has 1 aliphatic heterocycles. The number of nitrogens with one attached hydrogen (secondary N) is 3. The SMILES string of the molecule is CC(NC(=O)C1CCC2(CCCN2)CC1)c1ccc2[nH]c(=O)oc2c1. The summed E-state index contributed by atoms with van der Waals surface area (Å²) in [7, 11) is 0. The molecule has 1 amide bonds. The molecule has 1 spiro atoms. The van der Waals surface area contributed by atoms with Crippen LogP contribution in [0, 0.1) is 5.92 Å². The van der Waals surface area contributed by atoms with Crippen molar-refractivity contribution in [2.75, 3.05) is 6.54 Å². The number of H-pyrrole nitrogens is 1. The zero-order valence-corrected chi connectivity index (χ0v) is 14.6. The fourth-order valence-corrected chi connectivity index (χ4v) is 4.37. The minimum absolute atomic E-state index is 0.101. The summed E-state index contributed by atoms with van der Waals surface area (Å²) in [4.78, 5) is 26.5. The monoisotopic (exact) mass is 343 g/mol. The molecule has 3 N–H and O–H groups in total. The molecule has 1 saturated carbocycles. The van der Waals surface area contributed by atoms with Crippen molar-refractivity contribution in [2.24, 2.45) is 5.92 Å². The van der Waals surface area contributed by atoms with Gasteiger partial charge in [-0.05, 0) is 69.7 Å². The Balaban J connectivity index is 1.38. The molecule has 2 heterocycles. The molecule has 1 saturated heterocycles. The van der Waals surface area contributed by atoms with E-state index in [0.717, 1.165) is 37.8 Å². The van der Waals surface area contributed by atoms with Crippen LogP contribution in [0.4, 0.5) is 0 Å². The highest BCUT2D eigenvalue weighted by Crippen LogP contribution is 2.38. The Bertz CT molecular complexity index is 822. The van der Waals surface area contributed by atoms with Gasteiger partial charge in [-0.3, -0.25) is 9.78 Å². The Morgan fingerprint density at radius 2 is 2.12 bits per heavy atom. The number of benzene rings is 1. The molecule has 2 aromatic rings. The zero-order chi connectivity index (χ0) is 17.4. The Morgan fingerprint density at radius 1 is 1.32 bits per heavy atom. The summed E-state index contributed by atoms with van der Waals surface area (Å²) in [6, 6.07) is 5.43. The van der Waals surface area contributed by atoms with E-state index in [1.54, 1.807) is 0 Å². The molecule has 2 fully saturated rings. The lowest BCUT2D eigenvalue weighted by Crippen LogP contribution is -2.45. The van der Waals surface area contributed by atoms with Crippen LogP contribution in [0.1, 0.15) is 57.1 Å². The second kappa shape index (κ2) is 6.33. The van der Waals surface area contributed by atoms with Gasteiger partial charge in [-0.1, -0.05) is 6.07 Å². The third-order valence-corrected chi connectivity index (χ3v) is 5.95. The largest absolute Gasteiger partial charge is 0.417 e. The summed E-state index contributed by atoms with van der Waals surface area (Å²) < 4.78 is 5.10. The quantitative estimate of drug-likeness (QED) is 0.799. The molecule has 1 aliphatic carbocycles. The van der Waals surface area contributed by atoms with Crippen molar-refractivity contribution in [3.05, 3.63) is 34.3 Å². The first-order valence-corrected chi connectivity index (χ1v) is 9.23. The van der Waals surface area contributed by atoms with Crippen molar-refractivity contribution in [3.8, 4) is 0 Å². The van der Waals surface area contributed by atoms with E-state index < -0.39 is 5.76 Å². The van der Waals surface area contributed by atoms with Crippen molar-refractivity contribution < 1.29 is 9.21 Å². The number of carbonyl (C=O) groups is 1. The number of hydrogen-bond acceptors (Lipinski definition) is 4. The number of fused-ring (bicyclic) bond motifs is 1. The third-order valence-electron chi connectivity index (χ3n) is 5.95. The second-order valence-electron chi connectivity index (χ2n) is 7.59. The van der Waals surface area contributed by atoms with Gasteiger partial charge in [-0.15, -0.1) is 0 Å².